The van der Waals surface area contributed by atoms with Gasteiger partial charge in [0.1, 0.15) is 5.75 Å². The van der Waals surface area contributed by atoms with Crippen molar-refractivity contribution in [2.45, 2.75) is 20.3 Å². The Morgan fingerprint density at radius 2 is 2.00 bits per heavy atom. The summed E-state index contributed by atoms with van der Waals surface area (Å²) >= 11 is 5.76. The van der Waals surface area contributed by atoms with E-state index in [1.54, 1.807) is 13.8 Å². The maximum Gasteiger partial charge on any atom is 0.304 e. The summed E-state index contributed by atoms with van der Waals surface area (Å²) in [5.74, 6) is -1.99. The van der Waals surface area contributed by atoms with Crippen LogP contribution in [0.1, 0.15) is 29.3 Å². The number of carbonyl (C=O) groups is 2. The molecule has 17 heavy (non-hydrogen) atoms. The first-order chi connectivity index (χ1) is 7.82. The van der Waals surface area contributed by atoms with Gasteiger partial charge in [0.2, 0.25) is 0 Å². The van der Waals surface area contributed by atoms with Gasteiger partial charge in [-0.15, -0.1) is 0 Å². The molecule has 1 aromatic carbocycles. The largest absolute Gasteiger partial charge is 0.506 e. The highest BCUT2D eigenvalue weighted by atomic mass is 35.5. The minimum absolute atomic E-state index is 0.0610. The van der Waals surface area contributed by atoms with E-state index in [1.807, 2.05) is 0 Å². The number of hydrogen-bond acceptors (Lipinski definition) is 3. The van der Waals surface area contributed by atoms with Crippen LogP contribution in [0, 0.1) is 12.8 Å². The van der Waals surface area contributed by atoms with Gasteiger partial charge in [-0.05, 0) is 24.6 Å². The zero-order valence-electron chi connectivity index (χ0n) is 9.53. The molecule has 5 heteroatoms. The van der Waals surface area contributed by atoms with Crippen LogP contribution in [0.15, 0.2) is 12.1 Å². The van der Waals surface area contributed by atoms with Crippen molar-refractivity contribution >= 4 is 23.4 Å². The maximum atomic E-state index is 11.9. The van der Waals surface area contributed by atoms with E-state index < -0.39 is 11.9 Å². The molecule has 1 rings (SSSR count). The summed E-state index contributed by atoms with van der Waals surface area (Å²) in [4.78, 5) is 22.4. The van der Waals surface area contributed by atoms with Crippen molar-refractivity contribution in [3.63, 3.8) is 0 Å². The number of ketones is 1. The first kappa shape index (κ1) is 13.5. The third-order valence-corrected chi connectivity index (χ3v) is 2.76. The van der Waals surface area contributed by atoms with Crippen LogP contribution in [-0.4, -0.2) is 22.0 Å². The fourth-order valence-electron chi connectivity index (χ4n) is 1.52. The van der Waals surface area contributed by atoms with Gasteiger partial charge in [-0.2, -0.15) is 0 Å². The number of phenols is 1. The quantitative estimate of drug-likeness (QED) is 0.812. The Balaban J connectivity index is 3.01. The number of carboxylic acids is 1. The molecule has 0 saturated heterocycles. The average Bonchev–Trinajstić information content (AvgIpc) is 2.23. The van der Waals surface area contributed by atoms with E-state index in [4.69, 9.17) is 16.7 Å². The van der Waals surface area contributed by atoms with Crippen molar-refractivity contribution in [3.05, 3.63) is 28.3 Å². The summed E-state index contributed by atoms with van der Waals surface area (Å²) in [6.45, 7) is 3.17. The fourth-order valence-corrected chi connectivity index (χ4v) is 1.78. The number of aryl methyl sites for hydroxylation is 1. The minimum atomic E-state index is -1.02. The zero-order valence-corrected chi connectivity index (χ0v) is 10.3. The molecule has 0 fully saturated rings. The molecule has 0 aromatic heterocycles. The lowest BCUT2D eigenvalue weighted by molar-refractivity contribution is -0.137. The molecule has 4 nitrogen and oxygen atoms in total. The maximum absolute atomic E-state index is 11.9. The van der Waals surface area contributed by atoms with Crippen LogP contribution in [0.4, 0.5) is 0 Å². The number of hydrogen-bond donors (Lipinski definition) is 2. The Morgan fingerprint density at radius 1 is 1.41 bits per heavy atom. The van der Waals surface area contributed by atoms with E-state index in [2.05, 4.69) is 0 Å². The monoisotopic (exact) mass is 256 g/mol. The summed E-state index contributed by atoms with van der Waals surface area (Å²) in [6.07, 6.45) is -0.226. The molecule has 0 amide bonds. The summed E-state index contributed by atoms with van der Waals surface area (Å²) < 4.78 is 0. The van der Waals surface area contributed by atoms with Crippen LogP contribution < -0.4 is 0 Å². The Morgan fingerprint density at radius 3 is 2.47 bits per heavy atom. The summed E-state index contributed by atoms with van der Waals surface area (Å²) in [7, 11) is 0. The highest BCUT2D eigenvalue weighted by molar-refractivity contribution is 6.32. The predicted octanol–water partition coefficient (Wildman–Crippen LogP) is 2.65. The topological polar surface area (TPSA) is 74.6 Å². The number of benzene rings is 1. The predicted molar refractivity (Wildman–Crippen MR) is 63.6 cm³/mol. The molecule has 0 aliphatic carbocycles. The van der Waals surface area contributed by atoms with Crippen molar-refractivity contribution in [2.24, 2.45) is 5.92 Å². The van der Waals surface area contributed by atoms with Crippen LogP contribution in [0.25, 0.3) is 0 Å². The Bertz CT molecular complexity index is 445. The number of carboxylic acid groups (broad SMARTS) is 1. The second-order valence-electron chi connectivity index (χ2n) is 3.99. The molecule has 0 aliphatic rings. The van der Waals surface area contributed by atoms with Crippen molar-refractivity contribution in [1.82, 2.24) is 0 Å². The van der Waals surface area contributed by atoms with Gasteiger partial charge in [-0.1, -0.05) is 18.5 Å². The van der Waals surface area contributed by atoms with Crippen LogP contribution >= 0.6 is 11.6 Å². The molecule has 0 aliphatic heterocycles. The molecule has 1 aromatic rings. The van der Waals surface area contributed by atoms with Gasteiger partial charge < -0.3 is 10.2 Å². The molecule has 1 atom stereocenters. The van der Waals surface area contributed by atoms with E-state index in [0.29, 0.717) is 11.1 Å². The molecule has 0 saturated carbocycles. The number of Topliss-reactive ketones (excluding diaryl/α,β-unsaturated/α-hetero) is 1. The zero-order chi connectivity index (χ0) is 13.2. The van der Waals surface area contributed by atoms with Crippen LogP contribution in [0.3, 0.4) is 0 Å². The third-order valence-electron chi connectivity index (χ3n) is 2.47. The lowest BCUT2D eigenvalue weighted by atomic mass is 9.95. The molecule has 0 radical (unpaired) electrons. The van der Waals surface area contributed by atoms with Crippen molar-refractivity contribution in [3.8, 4) is 5.75 Å². The normalized spacial score (nSPS) is 12.2. The SMILES string of the molecule is Cc1cc(C(=O)C(C)CC(=O)O)cc(Cl)c1O. The van der Waals surface area contributed by atoms with Crippen LogP contribution in [0.5, 0.6) is 5.75 Å². The second-order valence-corrected chi connectivity index (χ2v) is 4.39. The van der Waals surface area contributed by atoms with E-state index >= 15 is 0 Å². The second kappa shape index (κ2) is 5.19. The first-order valence-electron chi connectivity index (χ1n) is 5.08. The third kappa shape index (κ3) is 3.20. The van der Waals surface area contributed by atoms with Gasteiger partial charge in [-0.3, -0.25) is 9.59 Å². The molecule has 2 N–H and O–H groups in total. The Hall–Kier alpha value is -1.55. The molecule has 1 unspecified atom stereocenters. The molecule has 0 heterocycles. The number of halogens is 1. The van der Waals surface area contributed by atoms with Crippen molar-refractivity contribution in [2.75, 3.05) is 0 Å². The molecule has 0 spiro atoms. The average molecular weight is 257 g/mol. The van der Waals surface area contributed by atoms with Crippen molar-refractivity contribution < 1.29 is 19.8 Å². The highest BCUT2D eigenvalue weighted by Gasteiger charge is 2.19. The van der Waals surface area contributed by atoms with Crippen LogP contribution in [-0.2, 0) is 4.79 Å². The van der Waals surface area contributed by atoms with Gasteiger partial charge in [0, 0.05) is 11.5 Å². The lowest BCUT2D eigenvalue weighted by Gasteiger charge is -2.10. The van der Waals surface area contributed by atoms with Gasteiger partial charge >= 0.3 is 5.97 Å². The lowest BCUT2D eigenvalue weighted by Crippen LogP contribution is -2.15. The summed E-state index contributed by atoms with van der Waals surface area (Å²) in [5, 5.41) is 18.2. The molecule has 92 valence electrons. The standard InChI is InChI=1S/C12H13ClO4/c1-6-3-8(5-9(13)12(6)17)11(16)7(2)4-10(14)15/h3,5,7,17H,4H2,1-2H3,(H,14,15). The number of rotatable bonds is 4. The smallest absolute Gasteiger partial charge is 0.304 e. The van der Waals surface area contributed by atoms with Gasteiger partial charge in [0.15, 0.2) is 5.78 Å². The van der Waals surface area contributed by atoms with E-state index in [1.165, 1.54) is 12.1 Å². The molecular formula is C12H13ClO4. The first-order valence-corrected chi connectivity index (χ1v) is 5.45. The summed E-state index contributed by atoms with van der Waals surface area (Å²) in [5.41, 5.74) is 0.808. The Kier molecular flexibility index (Phi) is 4.12. The Labute approximate surface area is 104 Å². The number of carbonyl (C=O) groups excluding carboxylic acids is 1. The van der Waals surface area contributed by atoms with Crippen LogP contribution in [0.2, 0.25) is 5.02 Å². The minimum Gasteiger partial charge on any atom is -0.506 e. The van der Waals surface area contributed by atoms with E-state index in [9.17, 15) is 14.7 Å². The molecule has 0 bridgehead atoms. The number of aliphatic carboxylic acids is 1. The highest BCUT2D eigenvalue weighted by Crippen LogP contribution is 2.29. The number of aromatic hydroxyl groups is 1. The van der Waals surface area contributed by atoms with Gasteiger partial charge in [-0.25, -0.2) is 0 Å². The molecular weight excluding hydrogens is 244 g/mol. The van der Waals surface area contributed by atoms with E-state index in [0.717, 1.165) is 0 Å². The fraction of sp³-hybridized carbons (Fsp3) is 0.333. The van der Waals surface area contributed by atoms with Gasteiger partial charge in [0.25, 0.3) is 0 Å². The van der Waals surface area contributed by atoms with Gasteiger partial charge in [0.05, 0.1) is 11.4 Å². The number of phenolic OH excluding ortho intramolecular Hbond substituents is 1. The summed E-state index contributed by atoms with van der Waals surface area (Å²) in [6, 6.07) is 2.85. The van der Waals surface area contributed by atoms with Crippen molar-refractivity contribution in [1.29, 1.82) is 0 Å². The van der Waals surface area contributed by atoms with E-state index in [-0.39, 0.29) is 23.0 Å².